The molecule has 6 heteroatoms. The fraction of sp³-hybridized carbons (Fsp3) is 0.375. The van der Waals surface area contributed by atoms with E-state index in [1.54, 1.807) is 0 Å². The van der Waals surface area contributed by atoms with Gasteiger partial charge in [-0.25, -0.2) is 14.1 Å². The quantitative estimate of drug-likeness (QED) is 0.816. The molecular formula is C16H13FN4O. The minimum Gasteiger partial charge on any atom is -0.290 e. The first-order chi connectivity index (χ1) is 10.7. The van der Waals surface area contributed by atoms with Crippen LogP contribution >= 0.6 is 0 Å². The van der Waals surface area contributed by atoms with Crippen LogP contribution in [-0.2, 0) is 0 Å². The van der Waals surface area contributed by atoms with Gasteiger partial charge in [-0.05, 0) is 12.0 Å². The molecule has 1 aliphatic carbocycles. The number of hydrogen-bond acceptors (Lipinski definition) is 4. The lowest BCUT2D eigenvalue weighted by molar-refractivity contribution is 0.0953. The summed E-state index contributed by atoms with van der Waals surface area (Å²) in [5.74, 6) is -0.543. The van der Waals surface area contributed by atoms with E-state index in [1.165, 1.54) is 4.68 Å². The Hall–Kier alpha value is -2.55. The topological polar surface area (TPSA) is 71.6 Å². The molecule has 2 aliphatic rings. The van der Waals surface area contributed by atoms with Crippen molar-refractivity contribution >= 4 is 5.78 Å². The van der Waals surface area contributed by atoms with Crippen molar-refractivity contribution in [2.75, 3.05) is 0 Å². The number of benzene rings is 1. The fourth-order valence-electron chi connectivity index (χ4n) is 3.03. The number of rotatable bonds is 3. The Morgan fingerprint density at radius 1 is 1.32 bits per heavy atom. The molecule has 1 fully saturated rings. The summed E-state index contributed by atoms with van der Waals surface area (Å²) >= 11 is 0. The van der Waals surface area contributed by atoms with E-state index >= 15 is 0 Å². The molecule has 110 valence electrons. The van der Waals surface area contributed by atoms with Crippen LogP contribution in [0.4, 0.5) is 4.39 Å². The van der Waals surface area contributed by atoms with Crippen molar-refractivity contribution in [3.63, 3.8) is 0 Å². The number of nitriles is 1. The average Bonchev–Trinajstić information content (AvgIpc) is 3.10. The molecule has 1 aromatic carbocycles. The highest BCUT2D eigenvalue weighted by atomic mass is 19.1. The minimum absolute atomic E-state index is 0.0426. The standard InChI is InChI=1S/C16H13FN4O/c17-12-7-13(9-4-2-1-3-5-9)21-16(12)19-15(20-21)14(22)11-6-10(11)8-18/h1-5,10-13H,6-7H2. The van der Waals surface area contributed by atoms with Gasteiger partial charge in [0.2, 0.25) is 11.6 Å². The number of carbonyl (C=O) groups excluding carboxylic acids is 1. The maximum Gasteiger partial charge on any atom is 0.218 e. The molecule has 0 bridgehead atoms. The number of ketones is 1. The van der Waals surface area contributed by atoms with E-state index in [2.05, 4.69) is 16.2 Å². The Morgan fingerprint density at radius 2 is 2.09 bits per heavy atom. The summed E-state index contributed by atoms with van der Waals surface area (Å²) in [6.07, 6.45) is -0.372. The third kappa shape index (κ3) is 1.93. The van der Waals surface area contributed by atoms with E-state index in [0.717, 1.165) is 5.56 Å². The van der Waals surface area contributed by atoms with E-state index < -0.39 is 6.17 Å². The third-order valence-electron chi connectivity index (χ3n) is 4.36. The smallest absolute Gasteiger partial charge is 0.218 e. The number of Topliss-reactive ketones (excluding diaryl/α,β-unsaturated/α-hetero) is 1. The van der Waals surface area contributed by atoms with Gasteiger partial charge >= 0.3 is 0 Å². The SMILES string of the molecule is N#CC1CC1C(=O)c1nc2n(n1)C(c1ccccc1)CC2F. The zero-order chi connectivity index (χ0) is 15.3. The van der Waals surface area contributed by atoms with Crippen molar-refractivity contribution in [2.45, 2.75) is 25.1 Å². The number of aromatic nitrogens is 3. The molecule has 22 heavy (non-hydrogen) atoms. The summed E-state index contributed by atoms with van der Waals surface area (Å²) < 4.78 is 15.7. The van der Waals surface area contributed by atoms with Crippen molar-refractivity contribution in [3.8, 4) is 6.07 Å². The Bertz CT molecular complexity index is 779. The Labute approximate surface area is 126 Å². The van der Waals surface area contributed by atoms with Gasteiger partial charge in [0.15, 0.2) is 12.0 Å². The minimum atomic E-state index is -1.22. The average molecular weight is 296 g/mol. The number of fused-ring (bicyclic) bond motifs is 1. The van der Waals surface area contributed by atoms with Crippen molar-refractivity contribution in [1.29, 1.82) is 5.26 Å². The summed E-state index contributed by atoms with van der Waals surface area (Å²) in [7, 11) is 0. The molecule has 1 aliphatic heterocycles. The lowest BCUT2D eigenvalue weighted by Gasteiger charge is -2.11. The molecule has 0 N–H and O–H groups in total. The van der Waals surface area contributed by atoms with Gasteiger partial charge in [-0.1, -0.05) is 30.3 Å². The summed E-state index contributed by atoms with van der Waals surface area (Å²) in [6.45, 7) is 0. The molecular weight excluding hydrogens is 283 g/mol. The van der Waals surface area contributed by atoms with E-state index in [9.17, 15) is 9.18 Å². The van der Waals surface area contributed by atoms with Gasteiger partial charge in [0.1, 0.15) is 0 Å². The molecule has 2 heterocycles. The van der Waals surface area contributed by atoms with Crippen molar-refractivity contribution < 1.29 is 9.18 Å². The van der Waals surface area contributed by atoms with Gasteiger partial charge in [-0.15, -0.1) is 5.10 Å². The molecule has 0 spiro atoms. The molecule has 0 amide bonds. The third-order valence-corrected chi connectivity index (χ3v) is 4.36. The number of nitrogens with zero attached hydrogens (tertiary/aromatic N) is 4. The number of hydrogen-bond donors (Lipinski definition) is 0. The number of alkyl halides is 1. The molecule has 5 nitrogen and oxygen atoms in total. The first-order valence-electron chi connectivity index (χ1n) is 7.28. The van der Waals surface area contributed by atoms with Crippen LogP contribution in [0.15, 0.2) is 30.3 Å². The van der Waals surface area contributed by atoms with Crippen LogP contribution in [0.25, 0.3) is 0 Å². The lowest BCUT2D eigenvalue weighted by atomic mass is 10.0. The van der Waals surface area contributed by atoms with Crippen LogP contribution in [0, 0.1) is 23.2 Å². The molecule has 1 saturated carbocycles. The predicted molar refractivity (Wildman–Crippen MR) is 74.6 cm³/mol. The van der Waals surface area contributed by atoms with Crippen molar-refractivity contribution in [2.24, 2.45) is 11.8 Å². The van der Waals surface area contributed by atoms with Gasteiger partial charge in [-0.2, -0.15) is 5.26 Å². The molecule has 0 radical (unpaired) electrons. The van der Waals surface area contributed by atoms with Gasteiger partial charge in [0.25, 0.3) is 0 Å². The van der Waals surface area contributed by atoms with E-state index in [0.29, 0.717) is 6.42 Å². The number of halogens is 1. The zero-order valence-corrected chi connectivity index (χ0v) is 11.7. The molecule has 4 atom stereocenters. The Balaban J connectivity index is 1.67. The maximum atomic E-state index is 14.2. The summed E-state index contributed by atoms with van der Waals surface area (Å²) in [4.78, 5) is 16.3. The summed E-state index contributed by atoms with van der Waals surface area (Å²) in [5, 5.41) is 13.0. The van der Waals surface area contributed by atoms with Crippen molar-refractivity contribution in [3.05, 3.63) is 47.5 Å². The fourth-order valence-corrected chi connectivity index (χ4v) is 3.03. The lowest BCUT2D eigenvalue weighted by Crippen LogP contribution is -2.11. The van der Waals surface area contributed by atoms with Crippen LogP contribution < -0.4 is 0 Å². The van der Waals surface area contributed by atoms with Crippen LogP contribution in [-0.4, -0.2) is 20.5 Å². The highest BCUT2D eigenvalue weighted by molar-refractivity contribution is 5.96. The van der Waals surface area contributed by atoms with Crippen LogP contribution in [0.5, 0.6) is 0 Å². The molecule has 4 rings (SSSR count). The van der Waals surface area contributed by atoms with Crippen LogP contribution in [0.3, 0.4) is 0 Å². The van der Waals surface area contributed by atoms with E-state index in [-0.39, 0.29) is 41.7 Å². The second kappa shape index (κ2) is 4.73. The normalized spacial score (nSPS) is 28.9. The van der Waals surface area contributed by atoms with Crippen molar-refractivity contribution in [1.82, 2.24) is 14.8 Å². The van der Waals surface area contributed by atoms with Crippen LogP contribution in [0.1, 0.15) is 47.1 Å². The first kappa shape index (κ1) is 13.1. The second-order valence-corrected chi connectivity index (χ2v) is 5.81. The van der Waals surface area contributed by atoms with Crippen LogP contribution in [0.2, 0.25) is 0 Å². The van der Waals surface area contributed by atoms with Gasteiger partial charge in [0.05, 0.1) is 18.0 Å². The zero-order valence-electron chi connectivity index (χ0n) is 11.7. The number of carbonyl (C=O) groups is 1. The van der Waals surface area contributed by atoms with Gasteiger partial charge in [-0.3, -0.25) is 4.79 Å². The van der Waals surface area contributed by atoms with Gasteiger partial charge < -0.3 is 0 Å². The monoisotopic (exact) mass is 296 g/mol. The van der Waals surface area contributed by atoms with E-state index in [1.807, 2.05) is 30.3 Å². The summed E-state index contributed by atoms with van der Waals surface area (Å²) in [5.41, 5.74) is 0.953. The molecule has 0 saturated heterocycles. The molecule has 4 unspecified atom stereocenters. The first-order valence-corrected chi connectivity index (χ1v) is 7.28. The Kier molecular flexibility index (Phi) is 2.83. The maximum absolute atomic E-state index is 14.2. The highest BCUT2D eigenvalue weighted by Crippen LogP contribution is 2.42. The second-order valence-electron chi connectivity index (χ2n) is 5.81. The van der Waals surface area contributed by atoms with Gasteiger partial charge in [0, 0.05) is 12.3 Å². The molecule has 2 aromatic rings. The summed E-state index contributed by atoms with van der Waals surface area (Å²) in [6, 6.07) is 11.4. The van der Waals surface area contributed by atoms with E-state index in [4.69, 9.17) is 5.26 Å². The molecule has 1 aromatic heterocycles. The largest absolute Gasteiger partial charge is 0.290 e. The predicted octanol–water partition coefficient (Wildman–Crippen LogP) is 2.62. The Morgan fingerprint density at radius 3 is 2.77 bits per heavy atom. The highest BCUT2D eigenvalue weighted by Gasteiger charge is 2.46.